The molecule has 4 heteroatoms. The van der Waals surface area contributed by atoms with E-state index in [-0.39, 0.29) is 0 Å². The SMILES string of the molecule is C=c1ccc(Cc2cnc3ccc(-c4cccc5ccccc45)nn23)c/c1=C/C=C\N. The zero-order valence-corrected chi connectivity index (χ0v) is 17.1. The first-order valence-electron chi connectivity index (χ1n) is 10.2. The van der Waals surface area contributed by atoms with Gasteiger partial charge >= 0.3 is 0 Å². The van der Waals surface area contributed by atoms with Crippen LogP contribution in [0.5, 0.6) is 0 Å². The van der Waals surface area contributed by atoms with Crippen LogP contribution in [0, 0.1) is 0 Å². The number of allylic oxidation sites excluding steroid dienone is 1. The molecule has 0 fully saturated rings. The van der Waals surface area contributed by atoms with E-state index in [0.717, 1.165) is 39.5 Å². The number of nitrogens with two attached hydrogens (primary N) is 1. The summed E-state index contributed by atoms with van der Waals surface area (Å²) < 4.78 is 1.94. The van der Waals surface area contributed by atoms with Gasteiger partial charge < -0.3 is 5.73 Å². The van der Waals surface area contributed by atoms with E-state index in [1.807, 2.05) is 41.1 Å². The molecule has 0 saturated heterocycles. The maximum Gasteiger partial charge on any atom is 0.153 e. The van der Waals surface area contributed by atoms with Gasteiger partial charge in [0.15, 0.2) is 5.65 Å². The van der Waals surface area contributed by atoms with Crippen LogP contribution in [0.3, 0.4) is 0 Å². The summed E-state index contributed by atoms with van der Waals surface area (Å²) in [4.78, 5) is 4.55. The predicted molar refractivity (Wildman–Crippen MR) is 128 cm³/mol. The minimum absolute atomic E-state index is 0.723. The van der Waals surface area contributed by atoms with Gasteiger partial charge in [-0.3, -0.25) is 0 Å². The lowest BCUT2D eigenvalue weighted by atomic mass is 10.0. The van der Waals surface area contributed by atoms with E-state index in [1.54, 1.807) is 0 Å². The second-order valence-corrected chi connectivity index (χ2v) is 7.53. The quantitative estimate of drug-likeness (QED) is 0.497. The van der Waals surface area contributed by atoms with Gasteiger partial charge in [-0.25, -0.2) is 9.50 Å². The van der Waals surface area contributed by atoms with Gasteiger partial charge in [0.25, 0.3) is 0 Å². The standard InChI is InChI=1S/C27H22N4/c1-19-11-12-20(16-22(19)8-5-15-28)17-23-18-29-27-14-13-26(30-31(23)27)25-10-4-7-21-6-2-3-9-24(21)25/h2-16,18H,1,17,28H2/b15-5-,22-8-. The summed E-state index contributed by atoms with van der Waals surface area (Å²) in [5.74, 6) is 0. The van der Waals surface area contributed by atoms with Crippen molar-refractivity contribution in [2.24, 2.45) is 5.73 Å². The summed E-state index contributed by atoms with van der Waals surface area (Å²) in [5, 5.41) is 9.37. The van der Waals surface area contributed by atoms with Crippen molar-refractivity contribution in [2.75, 3.05) is 0 Å². The number of benzene rings is 3. The molecule has 0 spiro atoms. The van der Waals surface area contributed by atoms with Crippen LogP contribution in [0.2, 0.25) is 0 Å². The topological polar surface area (TPSA) is 56.2 Å². The predicted octanol–water partition coefficient (Wildman–Crippen LogP) is 3.80. The highest BCUT2D eigenvalue weighted by molar-refractivity contribution is 5.95. The van der Waals surface area contributed by atoms with Gasteiger partial charge in [-0.1, -0.05) is 73.3 Å². The van der Waals surface area contributed by atoms with E-state index in [1.165, 1.54) is 22.5 Å². The van der Waals surface area contributed by atoms with Gasteiger partial charge in [-0.15, -0.1) is 0 Å². The monoisotopic (exact) mass is 402 g/mol. The zero-order valence-electron chi connectivity index (χ0n) is 17.1. The molecule has 150 valence electrons. The Morgan fingerprint density at radius 1 is 0.968 bits per heavy atom. The van der Waals surface area contributed by atoms with Gasteiger partial charge in [0.05, 0.1) is 17.6 Å². The molecule has 0 saturated carbocycles. The fourth-order valence-corrected chi connectivity index (χ4v) is 3.91. The molecule has 0 aliphatic carbocycles. The molecule has 2 aromatic heterocycles. The summed E-state index contributed by atoms with van der Waals surface area (Å²) in [6, 6.07) is 25.0. The summed E-state index contributed by atoms with van der Waals surface area (Å²) in [7, 11) is 0. The van der Waals surface area contributed by atoms with Crippen molar-refractivity contribution in [1.82, 2.24) is 14.6 Å². The van der Waals surface area contributed by atoms with Crippen LogP contribution in [0.15, 0.2) is 91.3 Å². The van der Waals surface area contributed by atoms with Crippen LogP contribution >= 0.6 is 0 Å². The van der Waals surface area contributed by atoms with Crippen LogP contribution in [0.1, 0.15) is 11.3 Å². The number of fused-ring (bicyclic) bond motifs is 2. The first kappa shape index (κ1) is 18.8. The second-order valence-electron chi connectivity index (χ2n) is 7.53. The van der Waals surface area contributed by atoms with Gasteiger partial charge in [0, 0.05) is 12.0 Å². The lowest BCUT2D eigenvalue weighted by Gasteiger charge is -2.08. The number of hydrogen-bond acceptors (Lipinski definition) is 3. The molecule has 31 heavy (non-hydrogen) atoms. The van der Waals surface area contributed by atoms with Gasteiger partial charge in [0.2, 0.25) is 0 Å². The van der Waals surface area contributed by atoms with Crippen molar-refractivity contribution >= 4 is 29.1 Å². The Hall–Kier alpha value is -4.18. The van der Waals surface area contributed by atoms with Gasteiger partial charge in [0.1, 0.15) is 0 Å². The normalized spacial score (nSPS) is 12.3. The molecule has 0 radical (unpaired) electrons. The number of hydrogen-bond donors (Lipinski definition) is 1. The third-order valence-electron chi connectivity index (χ3n) is 5.48. The number of nitrogens with zero attached hydrogens (tertiary/aromatic N) is 3. The fraction of sp³-hybridized carbons (Fsp3) is 0.0370. The number of rotatable bonds is 4. The highest BCUT2D eigenvalue weighted by Gasteiger charge is 2.10. The first-order valence-corrected chi connectivity index (χ1v) is 10.2. The molecule has 0 aliphatic rings. The zero-order chi connectivity index (χ0) is 21.2. The lowest BCUT2D eigenvalue weighted by molar-refractivity contribution is 0.876. The van der Waals surface area contributed by atoms with Crippen molar-refractivity contribution < 1.29 is 0 Å². The lowest BCUT2D eigenvalue weighted by Crippen LogP contribution is -2.23. The van der Waals surface area contributed by atoms with E-state index in [2.05, 4.69) is 66.2 Å². The molecule has 0 atom stereocenters. The molecule has 3 aromatic carbocycles. The summed E-state index contributed by atoms with van der Waals surface area (Å²) in [6.45, 7) is 4.10. The average Bonchev–Trinajstić information content (AvgIpc) is 3.21. The van der Waals surface area contributed by atoms with Crippen LogP contribution in [0.25, 0.3) is 40.3 Å². The smallest absolute Gasteiger partial charge is 0.153 e. The summed E-state index contributed by atoms with van der Waals surface area (Å²) in [6.07, 6.45) is 7.93. The molecule has 0 amide bonds. The summed E-state index contributed by atoms with van der Waals surface area (Å²) in [5.41, 5.74) is 10.6. The van der Waals surface area contributed by atoms with E-state index in [4.69, 9.17) is 10.8 Å². The van der Waals surface area contributed by atoms with Crippen molar-refractivity contribution in [3.8, 4) is 11.3 Å². The van der Waals surface area contributed by atoms with Crippen molar-refractivity contribution in [1.29, 1.82) is 0 Å². The molecular weight excluding hydrogens is 380 g/mol. The van der Waals surface area contributed by atoms with E-state index in [9.17, 15) is 0 Å². The molecular formula is C27H22N4. The van der Waals surface area contributed by atoms with Crippen LogP contribution in [-0.2, 0) is 6.42 Å². The van der Waals surface area contributed by atoms with Crippen molar-refractivity contribution in [2.45, 2.75) is 6.42 Å². The van der Waals surface area contributed by atoms with Crippen molar-refractivity contribution in [3.05, 3.63) is 113 Å². The highest BCUT2D eigenvalue weighted by Crippen LogP contribution is 2.27. The van der Waals surface area contributed by atoms with Crippen LogP contribution < -0.4 is 16.2 Å². The Kier molecular flexibility index (Phi) is 4.81. The molecule has 5 aromatic rings. The highest BCUT2D eigenvalue weighted by atomic mass is 15.3. The minimum atomic E-state index is 0.723. The van der Waals surface area contributed by atoms with Gasteiger partial charge in [-0.2, -0.15) is 5.10 Å². The Morgan fingerprint density at radius 2 is 1.84 bits per heavy atom. The minimum Gasteiger partial charge on any atom is -0.405 e. The third-order valence-corrected chi connectivity index (χ3v) is 5.48. The molecule has 2 heterocycles. The van der Waals surface area contributed by atoms with E-state index < -0.39 is 0 Å². The number of imidazole rings is 1. The van der Waals surface area contributed by atoms with E-state index >= 15 is 0 Å². The van der Waals surface area contributed by atoms with Crippen LogP contribution in [-0.4, -0.2) is 14.6 Å². The average molecular weight is 403 g/mol. The third kappa shape index (κ3) is 3.60. The summed E-state index contributed by atoms with van der Waals surface area (Å²) >= 11 is 0. The Morgan fingerprint density at radius 3 is 2.74 bits per heavy atom. The van der Waals surface area contributed by atoms with Gasteiger partial charge in [-0.05, 0) is 51.2 Å². The fourth-order valence-electron chi connectivity index (χ4n) is 3.91. The Labute approximate surface area is 180 Å². The first-order chi connectivity index (χ1) is 15.2. The second kappa shape index (κ2) is 7.92. The molecule has 0 aliphatic heterocycles. The molecule has 2 N–H and O–H groups in total. The molecule has 5 rings (SSSR count). The van der Waals surface area contributed by atoms with Crippen molar-refractivity contribution in [3.63, 3.8) is 0 Å². The van der Waals surface area contributed by atoms with Crippen LogP contribution in [0.4, 0.5) is 0 Å². The Bertz CT molecular complexity index is 1540. The van der Waals surface area contributed by atoms with E-state index in [0.29, 0.717) is 0 Å². The maximum atomic E-state index is 5.48. The number of aromatic nitrogens is 3. The maximum absolute atomic E-state index is 5.48. The molecule has 0 bridgehead atoms. The molecule has 4 nitrogen and oxygen atoms in total. The molecule has 0 unspecified atom stereocenters. The Balaban J connectivity index is 1.58. The largest absolute Gasteiger partial charge is 0.405 e.